The van der Waals surface area contributed by atoms with Crippen LogP contribution in [0.3, 0.4) is 0 Å². The standard InChI is InChI=1S/C15H23N/c1-12(2)16-10-6-5-7-15-9-8-13(3)14(4)11-15/h5,7-9,11-12,16H,6,10H2,1-4H3. The molecule has 0 atom stereocenters. The second-order valence-electron chi connectivity index (χ2n) is 4.64. The van der Waals surface area contributed by atoms with Gasteiger partial charge in [0.2, 0.25) is 0 Å². The van der Waals surface area contributed by atoms with Gasteiger partial charge in [-0.3, -0.25) is 0 Å². The summed E-state index contributed by atoms with van der Waals surface area (Å²) in [5.41, 5.74) is 4.02. The molecule has 0 aliphatic heterocycles. The monoisotopic (exact) mass is 217 g/mol. The lowest BCUT2D eigenvalue weighted by Crippen LogP contribution is -2.23. The highest BCUT2D eigenvalue weighted by atomic mass is 14.9. The Bertz CT molecular complexity index is 350. The highest BCUT2D eigenvalue weighted by Crippen LogP contribution is 2.11. The van der Waals surface area contributed by atoms with Crippen LogP contribution in [0.1, 0.15) is 37.0 Å². The molecule has 1 rings (SSSR count). The second kappa shape index (κ2) is 6.49. The lowest BCUT2D eigenvalue weighted by molar-refractivity contribution is 0.595. The molecule has 0 aromatic heterocycles. The summed E-state index contributed by atoms with van der Waals surface area (Å²) >= 11 is 0. The topological polar surface area (TPSA) is 12.0 Å². The molecule has 1 aromatic carbocycles. The molecule has 0 amide bonds. The molecular weight excluding hydrogens is 194 g/mol. The molecule has 0 bridgehead atoms. The van der Waals surface area contributed by atoms with Crippen LogP contribution < -0.4 is 5.32 Å². The van der Waals surface area contributed by atoms with E-state index in [1.165, 1.54) is 16.7 Å². The molecule has 1 nitrogen and oxygen atoms in total. The number of rotatable bonds is 5. The first-order valence-electron chi connectivity index (χ1n) is 6.07. The molecule has 16 heavy (non-hydrogen) atoms. The van der Waals surface area contributed by atoms with Crippen molar-refractivity contribution in [2.45, 2.75) is 40.2 Å². The Labute approximate surface area is 99.6 Å². The van der Waals surface area contributed by atoms with Gasteiger partial charge in [0, 0.05) is 6.04 Å². The second-order valence-corrected chi connectivity index (χ2v) is 4.64. The van der Waals surface area contributed by atoms with E-state index in [9.17, 15) is 0 Å². The van der Waals surface area contributed by atoms with Crippen molar-refractivity contribution in [2.24, 2.45) is 0 Å². The van der Waals surface area contributed by atoms with Crippen molar-refractivity contribution < 1.29 is 0 Å². The number of hydrogen-bond acceptors (Lipinski definition) is 1. The van der Waals surface area contributed by atoms with Gasteiger partial charge in [-0.05, 0) is 43.5 Å². The van der Waals surface area contributed by atoms with E-state index in [0.29, 0.717) is 6.04 Å². The minimum absolute atomic E-state index is 0.579. The maximum atomic E-state index is 3.40. The van der Waals surface area contributed by atoms with Crippen molar-refractivity contribution in [1.29, 1.82) is 0 Å². The highest BCUT2D eigenvalue weighted by Gasteiger charge is 1.93. The lowest BCUT2D eigenvalue weighted by atomic mass is 10.1. The Hall–Kier alpha value is -1.08. The first-order valence-corrected chi connectivity index (χ1v) is 6.07. The predicted molar refractivity (Wildman–Crippen MR) is 72.7 cm³/mol. The van der Waals surface area contributed by atoms with Crippen LogP contribution >= 0.6 is 0 Å². The molecule has 0 unspecified atom stereocenters. The third-order valence-corrected chi connectivity index (χ3v) is 2.70. The van der Waals surface area contributed by atoms with E-state index in [1.54, 1.807) is 0 Å². The zero-order valence-corrected chi connectivity index (χ0v) is 10.9. The van der Waals surface area contributed by atoms with E-state index in [-0.39, 0.29) is 0 Å². The van der Waals surface area contributed by atoms with E-state index in [4.69, 9.17) is 0 Å². The maximum Gasteiger partial charge on any atom is 0.00105 e. The summed E-state index contributed by atoms with van der Waals surface area (Å²) in [7, 11) is 0. The molecular formula is C15H23N. The third-order valence-electron chi connectivity index (χ3n) is 2.70. The summed E-state index contributed by atoms with van der Waals surface area (Å²) in [5.74, 6) is 0. The Kier molecular flexibility index (Phi) is 5.27. The zero-order chi connectivity index (χ0) is 12.0. The number of hydrogen-bond donors (Lipinski definition) is 1. The Morgan fingerprint density at radius 3 is 2.56 bits per heavy atom. The Morgan fingerprint density at radius 2 is 1.94 bits per heavy atom. The van der Waals surface area contributed by atoms with Crippen LogP contribution in [0.15, 0.2) is 24.3 Å². The summed E-state index contributed by atoms with van der Waals surface area (Å²) in [5, 5.41) is 3.40. The molecule has 88 valence electrons. The molecule has 1 aromatic rings. The fourth-order valence-electron chi connectivity index (χ4n) is 1.54. The first kappa shape index (κ1) is 13.0. The predicted octanol–water partition coefficient (Wildman–Crippen LogP) is 3.70. The van der Waals surface area contributed by atoms with Crippen LogP contribution in [0.4, 0.5) is 0 Å². The average molecular weight is 217 g/mol. The molecule has 0 heterocycles. The molecule has 1 N–H and O–H groups in total. The molecule has 0 aliphatic carbocycles. The molecule has 0 saturated carbocycles. The van der Waals surface area contributed by atoms with Gasteiger partial charge in [0.05, 0.1) is 0 Å². The van der Waals surface area contributed by atoms with Gasteiger partial charge in [0.25, 0.3) is 0 Å². The average Bonchev–Trinajstić information content (AvgIpc) is 2.22. The van der Waals surface area contributed by atoms with Crippen molar-refractivity contribution in [1.82, 2.24) is 5.32 Å². The molecule has 0 spiro atoms. The molecule has 0 saturated heterocycles. The summed E-state index contributed by atoms with van der Waals surface area (Å²) in [6, 6.07) is 7.17. The molecule has 0 radical (unpaired) electrons. The Balaban J connectivity index is 2.41. The summed E-state index contributed by atoms with van der Waals surface area (Å²) in [6.07, 6.45) is 5.53. The normalized spacial score (nSPS) is 11.6. The summed E-state index contributed by atoms with van der Waals surface area (Å²) in [6.45, 7) is 9.71. The number of aryl methyl sites for hydroxylation is 2. The van der Waals surface area contributed by atoms with Crippen LogP contribution in [-0.4, -0.2) is 12.6 Å². The Morgan fingerprint density at radius 1 is 1.19 bits per heavy atom. The number of benzene rings is 1. The van der Waals surface area contributed by atoms with Crippen LogP contribution in [0.5, 0.6) is 0 Å². The minimum atomic E-state index is 0.579. The van der Waals surface area contributed by atoms with Gasteiger partial charge < -0.3 is 5.32 Å². The minimum Gasteiger partial charge on any atom is -0.314 e. The number of nitrogens with one attached hydrogen (secondary N) is 1. The van der Waals surface area contributed by atoms with E-state index in [0.717, 1.165) is 13.0 Å². The van der Waals surface area contributed by atoms with Crippen molar-refractivity contribution >= 4 is 6.08 Å². The van der Waals surface area contributed by atoms with Gasteiger partial charge >= 0.3 is 0 Å². The maximum absolute atomic E-state index is 3.40. The SMILES string of the molecule is Cc1ccc(C=CCCNC(C)C)cc1C. The van der Waals surface area contributed by atoms with Gasteiger partial charge in [-0.2, -0.15) is 0 Å². The molecule has 1 heteroatoms. The van der Waals surface area contributed by atoms with E-state index in [1.807, 2.05) is 0 Å². The zero-order valence-electron chi connectivity index (χ0n) is 10.9. The van der Waals surface area contributed by atoms with Crippen LogP contribution in [0.2, 0.25) is 0 Å². The van der Waals surface area contributed by atoms with Crippen LogP contribution in [-0.2, 0) is 0 Å². The highest BCUT2D eigenvalue weighted by molar-refractivity contribution is 5.51. The fraction of sp³-hybridized carbons (Fsp3) is 0.467. The van der Waals surface area contributed by atoms with Crippen molar-refractivity contribution in [2.75, 3.05) is 6.54 Å². The van der Waals surface area contributed by atoms with Gasteiger partial charge in [0.15, 0.2) is 0 Å². The third kappa shape index (κ3) is 4.63. The lowest BCUT2D eigenvalue weighted by Gasteiger charge is -2.05. The molecule has 0 aliphatic rings. The quantitative estimate of drug-likeness (QED) is 0.741. The van der Waals surface area contributed by atoms with Gasteiger partial charge in [-0.1, -0.05) is 44.2 Å². The van der Waals surface area contributed by atoms with E-state index >= 15 is 0 Å². The van der Waals surface area contributed by atoms with Crippen molar-refractivity contribution in [3.05, 3.63) is 41.0 Å². The van der Waals surface area contributed by atoms with Crippen LogP contribution in [0, 0.1) is 13.8 Å². The fourth-order valence-corrected chi connectivity index (χ4v) is 1.54. The smallest absolute Gasteiger partial charge is 0.00105 e. The molecule has 0 fully saturated rings. The first-order chi connectivity index (χ1) is 7.59. The van der Waals surface area contributed by atoms with E-state index < -0.39 is 0 Å². The van der Waals surface area contributed by atoms with E-state index in [2.05, 4.69) is 63.4 Å². The van der Waals surface area contributed by atoms with Crippen molar-refractivity contribution in [3.8, 4) is 0 Å². The van der Waals surface area contributed by atoms with Crippen molar-refractivity contribution in [3.63, 3.8) is 0 Å². The van der Waals surface area contributed by atoms with Gasteiger partial charge in [-0.25, -0.2) is 0 Å². The summed E-state index contributed by atoms with van der Waals surface area (Å²) < 4.78 is 0. The van der Waals surface area contributed by atoms with Gasteiger partial charge in [-0.15, -0.1) is 0 Å². The largest absolute Gasteiger partial charge is 0.314 e. The van der Waals surface area contributed by atoms with Crippen LogP contribution in [0.25, 0.3) is 6.08 Å². The summed E-state index contributed by atoms with van der Waals surface area (Å²) in [4.78, 5) is 0. The van der Waals surface area contributed by atoms with Gasteiger partial charge in [0.1, 0.15) is 0 Å².